The van der Waals surface area contributed by atoms with Gasteiger partial charge in [0.25, 0.3) is 0 Å². The van der Waals surface area contributed by atoms with Gasteiger partial charge in [-0.05, 0) is 38.1 Å². The zero-order valence-electron chi connectivity index (χ0n) is 13.5. The minimum atomic E-state index is 0.421. The van der Waals surface area contributed by atoms with E-state index < -0.39 is 0 Å². The first kappa shape index (κ1) is 16.4. The number of ether oxygens (including phenoxy) is 2. The van der Waals surface area contributed by atoms with Gasteiger partial charge in [-0.1, -0.05) is 6.42 Å². The van der Waals surface area contributed by atoms with Gasteiger partial charge in [0.05, 0.1) is 20.8 Å². The highest BCUT2D eigenvalue weighted by Gasteiger charge is 2.09. The number of methoxy groups -OCH3 is 2. The summed E-state index contributed by atoms with van der Waals surface area (Å²) in [4.78, 5) is 6.82. The van der Waals surface area contributed by atoms with Crippen LogP contribution in [0, 0.1) is 0 Å². The first-order valence-corrected chi connectivity index (χ1v) is 7.74. The fourth-order valence-electron chi connectivity index (χ4n) is 2.60. The molecule has 6 nitrogen and oxygen atoms in total. The molecule has 1 aromatic carbocycles. The van der Waals surface area contributed by atoms with Crippen molar-refractivity contribution in [2.75, 3.05) is 45.7 Å². The second-order valence-corrected chi connectivity index (χ2v) is 5.36. The molecule has 1 aromatic rings. The van der Waals surface area contributed by atoms with Crippen LogP contribution in [0.4, 0.5) is 5.69 Å². The number of rotatable bonds is 6. The minimum absolute atomic E-state index is 0.421. The molecule has 1 heterocycles. The Morgan fingerprint density at radius 3 is 2.59 bits per heavy atom. The van der Waals surface area contributed by atoms with Gasteiger partial charge in [0, 0.05) is 18.3 Å². The Morgan fingerprint density at radius 2 is 1.91 bits per heavy atom. The molecule has 1 aliphatic heterocycles. The number of nitrogens with two attached hydrogens (primary N) is 1. The largest absolute Gasteiger partial charge is 0.493 e. The molecule has 1 saturated heterocycles. The Morgan fingerprint density at radius 1 is 1.18 bits per heavy atom. The predicted octanol–water partition coefficient (Wildman–Crippen LogP) is 1.92. The highest BCUT2D eigenvalue weighted by atomic mass is 16.5. The third-order valence-corrected chi connectivity index (χ3v) is 3.80. The quantitative estimate of drug-likeness (QED) is 0.620. The first-order chi connectivity index (χ1) is 10.7. The normalized spacial score (nSPS) is 16.4. The molecule has 6 heteroatoms. The second kappa shape index (κ2) is 8.48. The lowest BCUT2D eigenvalue weighted by molar-refractivity contribution is 0.235. The van der Waals surface area contributed by atoms with Gasteiger partial charge >= 0.3 is 0 Å². The lowest BCUT2D eigenvalue weighted by Gasteiger charge is -2.25. The van der Waals surface area contributed by atoms with Gasteiger partial charge in [-0.25, -0.2) is 0 Å². The first-order valence-electron chi connectivity index (χ1n) is 7.74. The summed E-state index contributed by atoms with van der Waals surface area (Å²) in [5.41, 5.74) is 6.76. The Kier molecular flexibility index (Phi) is 6.33. The molecule has 0 radical (unpaired) electrons. The highest BCUT2D eigenvalue weighted by molar-refractivity contribution is 5.92. The van der Waals surface area contributed by atoms with E-state index in [-0.39, 0.29) is 0 Å². The molecule has 0 atom stereocenters. The summed E-state index contributed by atoms with van der Waals surface area (Å²) in [7, 11) is 3.22. The molecular formula is C16H26N4O2. The van der Waals surface area contributed by atoms with E-state index in [4.69, 9.17) is 15.2 Å². The molecule has 22 heavy (non-hydrogen) atoms. The standard InChI is InChI=1S/C16H26N4O2/c1-21-14-7-6-13(12-15(14)22-2)19-16(17)18-8-11-20-9-4-3-5-10-20/h6-7,12H,3-5,8-11H2,1-2H3,(H3,17,18,19). The van der Waals surface area contributed by atoms with Gasteiger partial charge < -0.3 is 25.4 Å². The minimum Gasteiger partial charge on any atom is -0.493 e. The topological polar surface area (TPSA) is 72.1 Å². The van der Waals surface area contributed by atoms with E-state index >= 15 is 0 Å². The molecule has 0 saturated carbocycles. The van der Waals surface area contributed by atoms with Crippen molar-refractivity contribution in [2.45, 2.75) is 19.3 Å². The van der Waals surface area contributed by atoms with Crippen LogP contribution in [0.1, 0.15) is 19.3 Å². The molecule has 2 rings (SSSR count). The van der Waals surface area contributed by atoms with E-state index in [0.717, 1.165) is 12.2 Å². The zero-order chi connectivity index (χ0) is 15.8. The van der Waals surface area contributed by atoms with E-state index in [0.29, 0.717) is 24.0 Å². The average Bonchev–Trinajstić information content (AvgIpc) is 2.55. The molecule has 0 aromatic heterocycles. The van der Waals surface area contributed by atoms with Crippen molar-refractivity contribution >= 4 is 11.6 Å². The third-order valence-electron chi connectivity index (χ3n) is 3.80. The van der Waals surface area contributed by atoms with Gasteiger partial charge in [-0.15, -0.1) is 0 Å². The fraction of sp³-hybridized carbons (Fsp3) is 0.562. The zero-order valence-corrected chi connectivity index (χ0v) is 13.5. The summed E-state index contributed by atoms with van der Waals surface area (Å²) < 4.78 is 10.5. The van der Waals surface area contributed by atoms with Crippen molar-refractivity contribution < 1.29 is 9.47 Å². The predicted molar refractivity (Wildman–Crippen MR) is 89.9 cm³/mol. The molecule has 3 N–H and O–H groups in total. The van der Waals surface area contributed by atoms with Gasteiger partial charge in [-0.3, -0.25) is 4.99 Å². The molecule has 1 aliphatic rings. The Balaban J connectivity index is 1.85. The van der Waals surface area contributed by atoms with Crippen LogP contribution in [0.2, 0.25) is 0 Å². The van der Waals surface area contributed by atoms with E-state index in [2.05, 4.69) is 15.2 Å². The van der Waals surface area contributed by atoms with Crippen LogP contribution in [0.15, 0.2) is 23.2 Å². The van der Waals surface area contributed by atoms with Crippen LogP contribution < -0.4 is 20.5 Å². The molecule has 0 bridgehead atoms. The molecule has 0 aliphatic carbocycles. The van der Waals surface area contributed by atoms with Crippen LogP contribution in [-0.4, -0.2) is 51.3 Å². The number of nitrogens with one attached hydrogen (secondary N) is 1. The lowest BCUT2D eigenvalue weighted by atomic mass is 10.1. The molecule has 0 amide bonds. The summed E-state index contributed by atoms with van der Waals surface area (Å²) in [5.74, 6) is 1.77. The van der Waals surface area contributed by atoms with Crippen molar-refractivity contribution in [3.05, 3.63) is 18.2 Å². The van der Waals surface area contributed by atoms with Gasteiger partial charge in [0.15, 0.2) is 17.5 Å². The van der Waals surface area contributed by atoms with Crippen molar-refractivity contribution in [1.82, 2.24) is 4.90 Å². The maximum atomic E-state index is 5.93. The Labute approximate surface area is 132 Å². The SMILES string of the molecule is COc1ccc(NC(N)=NCCN2CCCCC2)cc1OC. The van der Waals surface area contributed by atoms with E-state index in [9.17, 15) is 0 Å². The monoisotopic (exact) mass is 306 g/mol. The van der Waals surface area contributed by atoms with Gasteiger partial charge in [0.1, 0.15) is 0 Å². The third kappa shape index (κ3) is 4.80. The van der Waals surface area contributed by atoms with Crippen LogP contribution in [-0.2, 0) is 0 Å². The maximum absolute atomic E-state index is 5.93. The Bertz CT molecular complexity index is 499. The number of guanidine groups is 1. The number of piperidine rings is 1. The second-order valence-electron chi connectivity index (χ2n) is 5.36. The van der Waals surface area contributed by atoms with Crippen LogP contribution in [0.3, 0.4) is 0 Å². The summed E-state index contributed by atoms with van der Waals surface area (Å²) in [6.45, 7) is 4.04. The van der Waals surface area contributed by atoms with Crippen molar-refractivity contribution in [3.63, 3.8) is 0 Å². The average molecular weight is 306 g/mol. The van der Waals surface area contributed by atoms with Crippen LogP contribution >= 0.6 is 0 Å². The van der Waals surface area contributed by atoms with E-state index in [1.807, 2.05) is 18.2 Å². The highest BCUT2D eigenvalue weighted by Crippen LogP contribution is 2.29. The summed E-state index contributed by atoms with van der Waals surface area (Å²) >= 11 is 0. The number of nitrogens with zero attached hydrogens (tertiary/aromatic N) is 2. The number of hydrogen-bond acceptors (Lipinski definition) is 4. The van der Waals surface area contributed by atoms with E-state index in [1.54, 1.807) is 14.2 Å². The molecule has 0 spiro atoms. The van der Waals surface area contributed by atoms with Crippen molar-refractivity contribution in [3.8, 4) is 11.5 Å². The van der Waals surface area contributed by atoms with E-state index in [1.165, 1.54) is 32.4 Å². The summed E-state index contributed by atoms with van der Waals surface area (Å²) in [5, 5.41) is 3.08. The van der Waals surface area contributed by atoms with Crippen molar-refractivity contribution in [1.29, 1.82) is 0 Å². The van der Waals surface area contributed by atoms with Crippen molar-refractivity contribution in [2.24, 2.45) is 10.7 Å². The number of likely N-dealkylation sites (tertiary alicyclic amines) is 1. The maximum Gasteiger partial charge on any atom is 0.193 e. The number of anilines is 1. The lowest BCUT2D eigenvalue weighted by Crippen LogP contribution is -2.32. The number of aliphatic imine (C=N–C) groups is 1. The smallest absolute Gasteiger partial charge is 0.193 e. The summed E-state index contributed by atoms with van der Waals surface area (Å²) in [6.07, 6.45) is 3.94. The fourth-order valence-corrected chi connectivity index (χ4v) is 2.60. The van der Waals surface area contributed by atoms with Gasteiger partial charge in [0.2, 0.25) is 0 Å². The number of benzene rings is 1. The van der Waals surface area contributed by atoms with Gasteiger partial charge in [-0.2, -0.15) is 0 Å². The number of hydrogen-bond donors (Lipinski definition) is 2. The summed E-state index contributed by atoms with van der Waals surface area (Å²) in [6, 6.07) is 5.56. The molecular weight excluding hydrogens is 280 g/mol. The van der Waals surface area contributed by atoms with Crippen LogP contribution in [0.5, 0.6) is 11.5 Å². The molecule has 122 valence electrons. The molecule has 0 unspecified atom stereocenters. The van der Waals surface area contributed by atoms with Crippen LogP contribution in [0.25, 0.3) is 0 Å². The molecule has 1 fully saturated rings. The Hall–Kier alpha value is -1.95.